The van der Waals surface area contributed by atoms with Crippen molar-refractivity contribution in [2.24, 2.45) is 0 Å². The van der Waals surface area contributed by atoms with E-state index in [0.717, 1.165) is 49.3 Å². The average molecular weight is 384 g/mol. The molecule has 0 amide bonds. The second-order valence-corrected chi connectivity index (χ2v) is 7.51. The third kappa shape index (κ3) is 2.67. The van der Waals surface area contributed by atoms with Gasteiger partial charge in [-0.05, 0) is 43.7 Å². The minimum absolute atomic E-state index is 0.733. The second-order valence-electron chi connectivity index (χ2n) is 7.10. The van der Waals surface area contributed by atoms with Crippen LogP contribution in [-0.2, 0) is 0 Å². The highest BCUT2D eigenvalue weighted by atomic mass is 35.5. The summed E-state index contributed by atoms with van der Waals surface area (Å²) in [6.07, 6.45) is 1.93. The van der Waals surface area contributed by atoms with Crippen molar-refractivity contribution in [1.82, 2.24) is 14.8 Å². The number of benzene rings is 3. The quantitative estimate of drug-likeness (QED) is 0.348. The van der Waals surface area contributed by atoms with Gasteiger partial charge in [0.25, 0.3) is 0 Å². The van der Waals surface area contributed by atoms with Gasteiger partial charge >= 0.3 is 0 Å². The normalized spacial score (nSPS) is 11.4. The molecule has 0 aliphatic carbocycles. The summed E-state index contributed by atoms with van der Waals surface area (Å²) in [4.78, 5) is 4.70. The molecule has 0 radical (unpaired) electrons. The van der Waals surface area contributed by atoms with E-state index in [1.807, 2.05) is 48.1 Å². The van der Waals surface area contributed by atoms with Crippen LogP contribution in [0, 0.1) is 13.8 Å². The maximum absolute atomic E-state index is 6.43. The summed E-state index contributed by atoms with van der Waals surface area (Å²) in [7, 11) is 0. The molecule has 2 aromatic heterocycles. The maximum atomic E-state index is 6.43. The van der Waals surface area contributed by atoms with Crippen LogP contribution in [0.15, 0.2) is 72.9 Å². The van der Waals surface area contributed by atoms with E-state index in [2.05, 4.69) is 43.3 Å². The number of fused-ring (bicyclic) bond motifs is 3. The maximum Gasteiger partial charge on any atom is 0.102 e. The lowest BCUT2D eigenvalue weighted by molar-refractivity contribution is 0.917. The molecule has 0 unspecified atom stereocenters. The molecular formula is C24H18ClN3. The van der Waals surface area contributed by atoms with Crippen LogP contribution in [0.3, 0.4) is 0 Å². The Hall–Kier alpha value is -3.17. The lowest BCUT2D eigenvalue weighted by atomic mass is 10.1. The Morgan fingerprint density at radius 3 is 2.46 bits per heavy atom. The SMILES string of the molecule is Cc1ccc2ncc3c(-c4ccccc4)nn(-c4ccc(C)c(Cl)c4)c3c2c1. The number of hydrogen-bond acceptors (Lipinski definition) is 2. The molecule has 136 valence electrons. The fourth-order valence-electron chi connectivity index (χ4n) is 3.61. The summed E-state index contributed by atoms with van der Waals surface area (Å²) < 4.78 is 1.99. The smallest absolute Gasteiger partial charge is 0.102 e. The van der Waals surface area contributed by atoms with Crippen molar-refractivity contribution >= 4 is 33.4 Å². The van der Waals surface area contributed by atoms with Crippen LogP contribution in [0.4, 0.5) is 0 Å². The molecule has 0 N–H and O–H groups in total. The summed E-state index contributed by atoms with van der Waals surface area (Å²) in [6, 6.07) is 22.6. The molecule has 0 fully saturated rings. The van der Waals surface area contributed by atoms with Crippen molar-refractivity contribution in [3.05, 3.63) is 89.1 Å². The van der Waals surface area contributed by atoms with Crippen LogP contribution in [0.5, 0.6) is 0 Å². The first-order valence-corrected chi connectivity index (χ1v) is 9.59. The molecular weight excluding hydrogens is 366 g/mol. The zero-order valence-electron chi connectivity index (χ0n) is 15.6. The fourth-order valence-corrected chi connectivity index (χ4v) is 3.78. The Labute approximate surface area is 168 Å². The molecule has 0 spiro atoms. The molecule has 0 bridgehead atoms. The lowest BCUT2D eigenvalue weighted by Gasteiger charge is -2.08. The van der Waals surface area contributed by atoms with Crippen LogP contribution in [0.2, 0.25) is 5.02 Å². The van der Waals surface area contributed by atoms with Gasteiger partial charge in [-0.15, -0.1) is 0 Å². The van der Waals surface area contributed by atoms with E-state index in [1.165, 1.54) is 5.56 Å². The molecule has 4 heteroatoms. The predicted octanol–water partition coefficient (Wildman–Crippen LogP) is 6.51. The molecule has 2 heterocycles. The van der Waals surface area contributed by atoms with E-state index in [1.54, 1.807) is 0 Å². The zero-order chi connectivity index (χ0) is 19.3. The molecule has 0 aliphatic rings. The predicted molar refractivity (Wildman–Crippen MR) is 116 cm³/mol. The number of halogens is 1. The number of hydrogen-bond donors (Lipinski definition) is 0. The number of pyridine rings is 1. The summed E-state index contributed by atoms with van der Waals surface area (Å²) in [5.74, 6) is 0. The van der Waals surface area contributed by atoms with E-state index in [0.29, 0.717) is 0 Å². The van der Waals surface area contributed by atoms with Gasteiger partial charge in [0, 0.05) is 27.6 Å². The molecule has 3 nitrogen and oxygen atoms in total. The monoisotopic (exact) mass is 383 g/mol. The van der Waals surface area contributed by atoms with Crippen molar-refractivity contribution in [2.45, 2.75) is 13.8 Å². The first-order chi connectivity index (χ1) is 13.6. The zero-order valence-corrected chi connectivity index (χ0v) is 16.4. The average Bonchev–Trinajstić information content (AvgIpc) is 3.11. The number of aryl methyl sites for hydroxylation is 2. The summed E-state index contributed by atoms with van der Waals surface area (Å²) in [6.45, 7) is 4.10. The van der Waals surface area contributed by atoms with Gasteiger partial charge < -0.3 is 0 Å². The standard InChI is InChI=1S/C24H18ClN3/c1-15-8-11-22-19(12-15)24-20(14-26-22)23(17-6-4-3-5-7-17)27-28(24)18-10-9-16(2)21(25)13-18/h3-14H,1-2H3. The number of aromatic nitrogens is 3. The van der Waals surface area contributed by atoms with Crippen LogP contribution in [0.1, 0.15) is 11.1 Å². The van der Waals surface area contributed by atoms with Crippen LogP contribution in [-0.4, -0.2) is 14.8 Å². The fraction of sp³-hybridized carbons (Fsp3) is 0.0833. The van der Waals surface area contributed by atoms with E-state index < -0.39 is 0 Å². The van der Waals surface area contributed by atoms with E-state index in [9.17, 15) is 0 Å². The highest BCUT2D eigenvalue weighted by Gasteiger charge is 2.17. The van der Waals surface area contributed by atoms with Gasteiger partial charge in [0.1, 0.15) is 5.69 Å². The van der Waals surface area contributed by atoms with Gasteiger partial charge in [0.2, 0.25) is 0 Å². The number of rotatable bonds is 2. The van der Waals surface area contributed by atoms with E-state index in [4.69, 9.17) is 21.7 Å². The molecule has 0 atom stereocenters. The highest BCUT2D eigenvalue weighted by molar-refractivity contribution is 6.31. The lowest BCUT2D eigenvalue weighted by Crippen LogP contribution is -1.98. The third-order valence-electron chi connectivity index (χ3n) is 5.11. The summed E-state index contributed by atoms with van der Waals surface area (Å²) in [5, 5.41) is 7.85. The third-order valence-corrected chi connectivity index (χ3v) is 5.52. The molecule has 5 rings (SSSR count). The molecule has 0 aliphatic heterocycles. The van der Waals surface area contributed by atoms with Crippen molar-refractivity contribution < 1.29 is 0 Å². The van der Waals surface area contributed by atoms with Crippen LogP contribution in [0.25, 0.3) is 38.8 Å². The van der Waals surface area contributed by atoms with Crippen LogP contribution >= 0.6 is 11.6 Å². The van der Waals surface area contributed by atoms with Gasteiger partial charge in [0.15, 0.2) is 0 Å². The Morgan fingerprint density at radius 1 is 0.857 bits per heavy atom. The summed E-state index contributed by atoms with van der Waals surface area (Å²) >= 11 is 6.43. The Bertz CT molecular complexity index is 1340. The van der Waals surface area contributed by atoms with Crippen molar-refractivity contribution in [3.8, 4) is 16.9 Å². The molecule has 0 saturated heterocycles. The van der Waals surface area contributed by atoms with Crippen molar-refractivity contribution in [2.75, 3.05) is 0 Å². The number of nitrogens with zero attached hydrogens (tertiary/aromatic N) is 3. The Balaban J connectivity index is 1.92. The largest absolute Gasteiger partial charge is 0.255 e. The molecule has 0 saturated carbocycles. The van der Waals surface area contributed by atoms with E-state index >= 15 is 0 Å². The van der Waals surface area contributed by atoms with Crippen molar-refractivity contribution in [1.29, 1.82) is 0 Å². The Morgan fingerprint density at radius 2 is 1.68 bits per heavy atom. The van der Waals surface area contributed by atoms with Gasteiger partial charge in [-0.2, -0.15) is 5.10 Å². The molecule has 3 aromatic carbocycles. The topological polar surface area (TPSA) is 30.7 Å². The van der Waals surface area contributed by atoms with Gasteiger partial charge in [0.05, 0.1) is 16.7 Å². The van der Waals surface area contributed by atoms with Crippen LogP contribution < -0.4 is 0 Å². The summed E-state index contributed by atoms with van der Waals surface area (Å²) in [5.41, 5.74) is 7.17. The van der Waals surface area contributed by atoms with Gasteiger partial charge in [-0.25, -0.2) is 4.68 Å². The van der Waals surface area contributed by atoms with E-state index in [-0.39, 0.29) is 0 Å². The minimum atomic E-state index is 0.733. The first kappa shape index (κ1) is 17.0. The molecule has 5 aromatic rings. The second kappa shape index (κ2) is 6.47. The van der Waals surface area contributed by atoms with Gasteiger partial charge in [-0.1, -0.05) is 59.6 Å². The van der Waals surface area contributed by atoms with Gasteiger partial charge in [-0.3, -0.25) is 4.98 Å². The first-order valence-electron chi connectivity index (χ1n) is 9.22. The highest BCUT2D eigenvalue weighted by Crippen LogP contribution is 2.34. The minimum Gasteiger partial charge on any atom is -0.255 e. The van der Waals surface area contributed by atoms with Crippen molar-refractivity contribution in [3.63, 3.8) is 0 Å². The molecule has 28 heavy (non-hydrogen) atoms. The Kier molecular flexibility index (Phi) is 3.92.